The number of nitrogens with zero attached hydrogens (tertiary/aromatic N) is 3. The fourth-order valence-electron chi connectivity index (χ4n) is 1.64. The van der Waals surface area contributed by atoms with Crippen molar-refractivity contribution in [2.24, 2.45) is 7.05 Å². The quantitative estimate of drug-likeness (QED) is 0.805. The summed E-state index contributed by atoms with van der Waals surface area (Å²) in [6.07, 6.45) is 2.98. The molecule has 1 unspecified atom stereocenters. The van der Waals surface area contributed by atoms with Crippen molar-refractivity contribution in [1.82, 2.24) is 14.5 Å². The standard InChI is InChI=1S/C10H15N3O3/c1-4-13(7(2)14)9(10(15)16)8-5-11-6-12(8)3/h5-6,9H,4H2,1-3H3,(H,15,16). The van der Waals surface area contributed by atoms with Gasteiger partial charge in [-0.15, -0.1) is 0 Å². The summed E-state index contributed by atoms with van der Waals surface area (Å²) in [7, 11) is 1.70. The van der Waals surface area contributed by atoms with Crippen LogP contribution in [0, 0.1) is 0 Å². The van der Waals surface area contributed by atoms with Crippen LogP contribution >= 0.6 is 0 Å². The van der Waals surface area contributed by atoms with Gasteiger partial charge < -0.3 is 14.6 Å². The van der Waals surface area contributed by atoms with Crippen LogP contribution in [0.15, 0.2) is 12.5 Å². The van der Waals surface area contributed by atoms with Crippen LogP contribution in [0.1, 0.15) is 25.6 Å². The Hall–Kier alpha value is -1.85. The second-order valence-corrected chi connectivity index (χ2v) is 3.48. The summed E-state index contributed by atoms with van der Waals surface area (Å²) >= 11 is 0. The summed E-state index contributed by atoms with van der Waals surface area (Å²) in [5.41, 5.74) is 0.490. The van der Waals surface area contributed by atoms with Gasteiger partial charge in [0.2, 0.25) is 5.91 Å². The van der Waals surface area contributed by atoms with Crippen LogP contribution in [0.5, 0.6) is 0 Å². The molecule has 1 amide bonds. The Morgan fingerprint density at radius 2 is 2.25 bits per heavy atom. The van der Waals surface area contributed by atoms with Gasteiger partial charge in [-0.25, -0.2) is 9.78 Å². The third-order valence-corrected chi connectivity index (χ3v) is 2.42. The molecule has 0 radical (unpaired) electrons. The molecule has 1 aromatic rings. The van der Waals surface area contributed by atoms with Crippen LogP contribution in [-0.4, -0.2) is 38.0 Å². The molecule has 1 atom stereocenters. The molecule has 1 heterocycles. The van der Waals surface area contributed by atoms with E-state index in [-0.39, 0.29) is 5.91 Å². The number of hydrogen-bond donors (Lipinski definition) is 1. The smallest absolute Gasteiger partial charge is 0.332 e. The van der Waals surface area contributed by atoms with Crippen LogP contribution in [0.2, 0.25) is 0 Å². The van der Waals surface area contributed by atoms with Crippen LogP contribution in [0.4, 0.5) is 0 Å². The first-order valence-electron chi connectivity index (χ1n) is 4.95. The number of aromatic nitrogens is 2. The fraction of sp³-hybridized carbons (Fsp3) is 0.500. The molecule has 0 aromatic carbocycles. The number of carboxylic acids is 1. The summed E-state index contributed by atoms with van der Waals surface area (Å²) in [6, 6.07) is -0.977. The second kappa shape index (κ2) is 4.78. The van der Waals surface area contributed by atoms with E-state index in [2.05, 4.69) is 4.98 Å². The van der Waals surface area contributed by atoms with Crippen molar-refractivity contribution in [3.05, 3.63) is 18.2 Å². The molecule has 88 valence electrons. The van der Waals surface area contributed by atoms with Crippen molar-refractivity contribution in [1.29, 1.82) is 0 Å². The number of rotatable bonds is 4. The van der Waals surface area contributed by atoms with Crippen LogP contribution in [0.3, 0.4) is 0 Å². The Labute approximate surface area is 93.5 Å². The van der Waals surface area contributed by atoms with Crippen LogP contribution in [-0.2, 0) is 16.6 Å². The second-order valence-electron chi connectivity index (χ2n) is 3.48. The Morgan fingerprint density at radius 3 is 2.56 bits per heavy atom. The summed E-state index contributed by atoms with van der Waals surface area (Å²) in [6.45, 7) is 3.45. The molecule has 16 heavy (non-hydrogen) atoms. The lowest BCUT2D eigenvalue weighted by Crippen LogP contribution is -2.38. The van der Waals surface area contributed by atoms with Gasteiger partial charge in [-0.05, 0) is 6.92 Å². The van der Waals surface area contributed by atoms with Crippen molar-refractivity contribution < 1.29 is 14.7 Å². The van der Waals surface area contributed by atoms with Crippen molar-refractivity contribution in [3.8, 4) is 0 Å². The molecule has 0 saturated heterocycles. The van der Waals surface area contributed by atoms with E-state index < -0.39 is 12.0 Å². The monoisotopic (exact) mass is 225 g/mol. The molecule has 0 spiro atoms. The lowest BCUT2D eigenvalue weighted by molar-refractivity contribution is -0.149. The molecule has 1 rings (SSSR count). The van der Waals surface area contributed by atoms with Gasteiger partial charge in [-0.1, -0.05) is 0 Å². The predicted octanol–water partition coefficient (Wildman–Crippen LogP) is 0.414. The molecule has 0 aliphatic carbocycles. The summed E-state index contributed by atoms with van der Waals surface area (Å²) in [5, 5.41) is 9.18. The Morgan fingerprint density at radius 1 is 1.62 bits per heavy atom. The molecule has 6 heteroatoms. The summed E-state index contributed by atoms with van der Waals surface area (Å²) in [4.78, 5) is 27.7. The third-order valence-electron chi connectivity index (χ3n) is 2.42. The minimum Gasteiger partial charge on any atom is -0.479 e. The lowest BCUT2D eigenvalue weighted by atomic mass is 10.2. The topological polar surface area (TPSA) is 75.4 Å². The minimum absolute atomic E-state index is 0.268. The molecule has 0 bridgehead atoms. The van der Waals surface area contributed by atoms with Crippen LogP contribution < -0.4 is 0 Å². The van der Waals surface area contributed by atoms with Gasteiger partial charge in [-0.2, -0.15) is 0 Å². The molecule has 1 N–H and O–H groups in total. The number of imidazole rings is 1. The van der Waals surface area contributed by atoms with E-state index in [1.54, 1.807) is 18.5 Å². The summed E-state index contributed by atoms with van der Waals surface area (Å²) < 4.78 is 1.60. The van der Waals surface area contributed by atoms with Gasteiger partial charge >= 0.3 is 5.97 Å². The first kappa shape index (κ1) is 12.2. The molecule has 6 nitrogen and oxygen atoms in total. The van der Waals surface area contributed by atoms with E-state index >= 15 is 0 Å². The molecule has 0 aliphatic heterocycles. The zero-order chi connectivity index (χ0) is 12.3. The van der Waals surface area contributed by atoms with Gasteiger partial charge in [0.1, 0.15) is 0 Å². The minimum atomic E-state index is -1.05. The first-order valence-corrected chi connectivity index (χ1v) is 4.95. The van der Waals surface area contributed by atoms with Gasteiger partial charge in [0.25, 0.3) is 0 Å². The van der Waals surface area contributed by atoms with Crippen molar-refractivity contribution in [2.75, 3.05) is 6.54 Å². The number of aliphatic carboxylic acids is 1. The number of carboxylic acid groups (broad SMARTS) is 1. The van der Waals surface area contributed by atoms with Gasteiger partial charge in [-0.3, -0.25) is 4.79 Å². The number of hydrogen-bond acceptors (Lipinski definition) is 3. The van der Waals surface area contributed by atoms with Crippen molar-refractivity contribution >= 4 is 11.9 Å². The maximum atomic E-state index is 11.4. The highest BCUT2D eigenvalue weighted by Crippen LogP contribution is 2.20. The Kier molecular flexibility index (Phi) is 3.65. The van der Waals surface area contributed by atoms with E-state index in [1.165, 1.54) is 24.3 Å². The predicted molar refractivity (Wildman–Crippen MR) is 56.6 cm³/mol. The van der Waals surface area contributed by atoms with E-state index in [1.807, 2.05) is 0 Å². The molecule has 0 aliphatic rings. The zero-order valence-electron chi connectivity index (χ0n) is 9.54. The lowest BCUT2D eigenvalue weighted by Gasteiger charge is -2.26. The van der Waals surface area contributed by atoms with E-state index in [4.69, 9.17) is 0 Å². The van der Waals surface area contributed by atoms with Crippen molar-refractivity contribution in [3.63, 3.8) is 0 Å². The van der Waals surface area contributed by atoms with E-state index in [9.17, 15) is 14.7 Å². The van der Waals surface area contributed by atoms with E-state index in [0.29, 0.717) is 12.2 Å². The molecular weight excluding hydrogens is 210 g/mol. The number of aryl methyl sites for hydroxylation is 1. The SMILES string of the molecule is CCN(C(C)=O)C(C(=O)O)c1cncn1C. The summed E-state index contributed by atoms with van der Waals surface area (Å²) in [5.74, 6) is -1.32. The highest BCUT2D eigenvalue weighted by atomic mass is 16.4. The van der Waals surface area contributed by atoms with Gasteiger partial charge in [0.15, 0.2) is 6.04 Å². The Balaban J connectivity index is 3.14. The number of carbonyl (C=O) groups is 2. The zero-order valence-corrected chi connectivity index (χ0v) is 9.54. The normalized spacial score (nSPS) is 12.2. The number of likely N-dealkylation sites (N-methyl/N-ethyl adjacent to an activating group) is 1. The van der Waals surface area contributed by atoms with Gasteiger partial charge in [0, 0.05) is 20.5 Å². The van der Waals surface area contributed by atoms with E-state index in [0.717, 1.165) is 0 Å². The molecule has 0 fully saturated rings. The van der Waals surface area contributed by atoms with Crippen LogP contribution in [0.25, 0.3) is 0 Å². The maximum absolute atomic E-state index is 11.4. The third kappa shape index (κ3) is 2.21. The maximum Gasteiger partial charge on any atom is 0.332 e. The number of amides is 1. The van der Waals surface area contributed by atoms with Crippen molar-refractivity contribution in [2.45, 2.75) is 19.9 Å². The average molecular weight is 225 g/mol. The molecule has 1 aromatic heterocycles. The van der Waals surface area contributed by atoms with Gasteiger partial charge in [0.05, 0.1) is 18.2 Å². The number of carbonyl (C=O) groups excluding carboxylic acids is 1. The Bertz CT molecular complexity index is 400. The largest absolute Gasteiger partial charge is 0.479 e. The first-order chi connectivity index (χ1) is 7.49. The molecular formula is C10H15N3O3. The molecule has 0 saturated carbocycles. The fourth-order valence-corrected chi connectivity index (χ4v) is 1.64. The average Bonchev–Trinajstić information content (AvgIpc) is 2.59. The highest BCUT2D eigenvalue weighted by molar-refractivity contribution is 5.83. The highest BCUT2D eigenvalue weighted by Gasteiger charge is 2.30.